The van der Waals surface area contributed by atoms with E-state index in [2.05, 4.69) is 21.7 Å². The molecule has 2 heterocycles. The van der Waals surface area contributed by atoms with E-state index < -0.39 is 12.1 Å². The van der Waals surface area contributed by atoms with Gasteiger partial charge in [0.1, 0.15) is 17.5 Å². The van der Waals surface area contributed by atoms with Gasteiger partial charge in [0.15, 0.2) is 6.10 Å². The molecule has 3 aromatic rings. The first-order valence-electron chi connectivity index (χ1n) is 9.92. The van der Waals surface area contributed by atoms with Crippen molar-refractivity contribution in [1.82, 2.24) is 14.8 Å². The third-order valence-electron chi connectivity index (χ3n) is 4.86. The SMILES string of the molecule is CCCn1c(C)cc(/C=C(\C#N)C(=O)O[C@H](C)c2nnc(-c3ccc(F)cc3)o2)c1C. The quantitative estimate of drug-likeness (QED) is 0.305. The number of carbonyl (C=O) groups is 1. The molecule has 0 fully saturated rings. The van der Waals surface area contributed by atoms with Gasteiger partial charge in [-0.2, -0.15) is 5.26 Å². The van der Waals surface area contributed by atoms with Crippen molar-refractivity contribution >= 4 is 12.0 Å². The Hall–Kier alpha value is -3.73. The topological polar surface area (TPSA) is 93.9 Å². The monoisotopic (exact) mass is 422 g/mol. The predicted molar refractivity (Wildman–Crippen MR) is 112 cm³/mol. The van der Waals surface area contributed by atoms with Crippen molar-refractivity contribution in [3.8, 4) is 17.5 Å². The second-order valence-electron chi connectivity index (χ2n) is 7.15. The van der Waals surface area contributed by atoms with Gasteiger partial charge in [-0.15, -0.1) is 10.2 Å². The number of nitrogens with zero attached hydrogens (tertiary/aromatic N) is 4. The Kier molecular flexibility index (Phi) is 6.65. The fourth-order valence-electron chi connectivity index (χ4n) is 3.22. The fourth-order valence-corrected chi connectivity index (χ4v) is 3.22. The van der Waals surface area contributed by atoms with Gasteiger partial charge in [0.25, 0.3) is 5.89 Å². The Balaban J connectivity index is 1.75. The van der Waals surface area contributed by atoms with Crippen molar-refractivity contribution in [2.75, 3.05) is 0 Å². The largest absolute Gasteiger partial charge is 0.448 e. The fraction of sp³-hybridized carbons (Fsp3) is 0.304. The second kappa shape index (κ2) is 9.39. The smallest absolute Gasteiger partial charge is 0.349 e. The molecule has 0 spiro atoms. The standard InChI is InChI=1S/C23H23FN4O3/c1-5-10-28-14(2)11-18(15(28)3)12-19(13-25)23(29)30-16(4)21-26-27-22(31-21)17-6-8-20(24)9-7-17/h6-9,11-12,16H,5,10H2,1-4H3/b19-12+/t16-/m1/s1. The second-order valence-corrected chi connectivity index (χ2v) is 7.15. The van der Waals surface area contributed by atoms with Crippen molar-refractivity contribution in [2.24, 2.45) is 0 Å². The van der Waals surface area contributed by atoms with Gasteiger partial charge in [-0.1, -0.05) is 6.92 Å². The van der Waals surface area contributed by atoms with Crippen molar-refractivity contribution in [3.05, 3.63) is 64.6 Å². The Morgan fingerprint density at radius 3 is 2.68 bits per heavy atom. The summed E-state index contributed by atoms with van der Waals surface area (Å²) < 4.78 is 26.1. The van der Waals surface area contributed by atoms with Crippen molar-refractivity contribution < 1.29 is 18.3 Å². The third kappa shape index (κ3) is 4.89. The zero-order valence-electron chi connectivity index (χ0n) is 17.8. The minimum atomic E-state index is -0.863. The lowest BCUT2D eigenvalue weighted by Crippen LogP contribution is -2.11. The first kappa shape index (κ1) is 22.0. The highest BCUT2D eigenvalue weighted by atomic mass is 19.1. The molecule has 0 saturated heterocycles. The van der Waals surface area contributed by atoms with Crippen LogP contribution in [0.4, 0.5) is 4.39 Å². The summed E-state index contributed by atoms with van der Waals surface area (Å²) in [4.78, 5) is 12.6. The Morgan fingerprint density at radius 1 is 1.32 bits per heavy atom. The van der Waals surface area contributed by atoms with Crippen LogP contribution in [0.5, 0.6) is 0 Å². The average molecular weight is 422 g/mol. The summed E-state index contributed by atoms with van der Waals surface area (Å²) in [6.45, 7) is 8.46. The van der Waals surface area contributed by atoms with Crippen LogP contribution in [0.2, 0.25) is 0 Å². The molecule has 1 aromatic carbocycles. The van der Waals surface area contributed by atoms with Gasteiger partial charge < -0.3 is 13.7 Å². The molecule has 0 bridgehead atoms. The Labute approximate surface area is 179 Å². The van der Waals surface area contributed by atoms with Crippen LogP contribution in [0.15, 0.2) is 40.3 Å². The lowest BCUT2D eigenvalue weighted by Gasteiger charge is -2.09. The number of rotatable bonds is 7. The third-order valence-corrected chi connectivity index (χ3v) is 4.86. The molecule has 160 valence electrons. The van der Waals surface area contributed by atoms with Crippen LogP contribution in [-0.2, 0) is 16.1 Å². The molecule has 0 aliphatic carbocycles. The predicted octanol–water partition coefficient (Wildman–Crippen LogP) is 4.92. The molecule has 0 N–H and O–H groups in total. The number of ether oxygens (including phenoxy) is 1. The Morgan fingerprint density at radius 2 is 2.03 bits per heavy atom. The first-order chi connectivity index (χ1) is 14.8. The van der Waals surface area contributed by atoms with Crippen LogP contribution in [0, 0.1) is 31.0 Å². The van der Waals surface area contributed by atoms with Crippen LogP contribution in [0.3, 0.4) is 0 Å². The number of hydrogen-bond donors (Lipinski definition) is 0. The number of hydrogen-bond acceptors (Lipinski definition) is 6. The van der Waals surface area contributed by atoms with Crippen LogP contribution in [0.1, 0.15) is 49.2 Å². The van der Waals surface area contributed by atoms with Crippen LogP contribution in [0.25, 0.3) is 17.5 Å². The van der Waals surface area contributed by atoms with E-state index in [1.807, 2.05) is 26.0 Å². The van der Waals surface area contributed by atoms with Gasteiger partial charge in [-0.05, 0) is 69.2 Å². The van der Waals surface area contributed by atoms with E-state index in [0.717, 1.165) is 29.9 Å². The summed E-state index contributed by atoms with van der Waals surface area (Å²) in [5.41, 5.74) is 3.25. The van der Waals surface area contributed by atoms with Crippen molar-refractivity contribution in [1.29, 1.82) is 5.26 Å². The lowest BCUT2D eigenvalue weighted by atomic mass is 10.1. The van der Waals surface area contributed by atoms with E-state index in [1.54, 1.807) is 6.92 Å². The van der Waals surface area contributed by atoms with E-state index in [1.165, 1.54) is 30.3 Å². The normalized spacial score (nSPS) is 12.5. The molecule has 3 rings (SSSR count). The summed E-state index contributed by atoms with van der Waals surface area (Å²) in [5, 5.41) is 17.3. The minimum absolute atomic E-state index is 0.0751. The van der Waals surface area contributed by atoms with Crippen molar-refractivity contribution in [2.45, 2.75) is 46.8 Å². The van der Waals surface area contributed by atoms with E-state index in [9.17, 15) is 14.4 Å². The minimum Gasteiger partial charge on any atom is -0.448 e. The van der Waals surface area contributed by atoms with Gasteiger partial charge >= 0.3 is 5.97 Å². The number of halogens is 1. The maximum atomic E-state index is 13.1. The van der Waals surface area contributed by atoms with Gasteiger partial charge in [0.05, 0.1) is 0 Å². The molecule has 0 unspecified atom stereocenters. The summed E-state index contributed by atoms with van der Waals surface area (Å²) in [6.07, 6.45) is 1.65. The maximum absolute atomic E-state index is 13.1. The summed E-state index contributed by atoms with van der Waals surface area (Å²) in [7, 11) is 0. The highest BCUT2D eigenvalue weighted by molar-refractivity contribution is 5.98. The first-order valence-corrected chi connectivity index (χ1v) is 9.92. The number of esters is 1. The number of aryl methyl sites for hydroxylation is 1. The molecule has 0 amide bonds. The zero-order chi connectivity index (χ0) is 22.5. The van der Waals surface area contributed by atoms with Gasteiger partial charge in [0.2, 0.25) is 5.89 Å². The summed E-state index contributed by atoms with van der Waals surface area (Å²) in [6, 6.07) is 9.42. The van der Waals surface area contributed by atoms with Gasteiger partial charge in [-0.25, -0.2) is 9.18 Å². The molecule has 0 saturated carbocycles. The van der Waals surface area contributed by atoms with Crippen LogP contribution in [-0.4, -0.2) is 20.7 Å². The van der Waals surface area contributed by atoms with Crippen LogP contribution >= 0.6 is 0 Å². The summed E-state index contributed by atoms with van der Waals surface area (Å²) >= 11 is 0. The lowest BCUT2D eigenvalue weighted by molar-refractivity contribution is -0.144. The summed E-state index contributed by atoms with van der Waals surface area (Å²) in [5.74, 6) is -0.905. The van der Waals surface area contributed by atoms with E-state index >= 15 is 0 Å². The number of carbonyl (C=O) groups excluding carboxylic acids is 1. The number of aromatic nitrogens is 3. The highest BCUT2D eigenvalue weighted by Crippen LogP contribution is 2.24. The molecule has 8 heteroatoms. The molecular formula is C23H23FN4O3. The molecular weight excluding hydrogens is 399 g/mol. The molecule has 2 aromatic heterocycles. The van der Waals surface area contributed by atoms with E-state index in [0.29, 0.717) is 5.56 Å². The molecule has 7 nitrogen and oxygen atoms in total. The molecule has 1 atom stereocenters. The number of benzene rings is 1. The molecule has 0 radical (unpaired) electrons. The highest BCUT2D eigenvalue weighted by Gasteiger charge is 2.22. The molecule has 0 aliphatic heterocycles. The zero-order valence-corrected chi connectivity index (χ0v) is 17.8. The van der Waals surface area contributed by atoms with E-state index in [-0.39, 0.29) is 23.2 Å². The van der Waals surface area contributed by atoms with Gasteiger partial charge in [0, 0.05) is 23.5 Å². The van der Waals surface area contributed by atoms with E-state index in [4.69, 9.17) is 9.15 Å². The van der Waals surface area contributed by atoms with Crippen LogP contribution < -0.4 is 0 Å². The number of nitriles is 1. The average Bonchev–Trinajstić information content (AvgIpc) is 3.34. The van der Waals surface area contributed by atoms with Gasteiger partial charge in [-0.3, -0.25) is 0 Å². The maximum Gasteiger partial charge on any atom is 0.349 e. The molecule has 0 aliphatic rings. The van der Waals surface area contributed by atoms with Crippen molar-refractivity contribution in [3.63, 3.8) is 0 Å². The Bertz CT molecular complexity index is 1150. The molecule has 31 heavy (non-hydrogen) atoms.